The van der Waals surface area contributed by atoms with Crippen LogP contribution in [0.4, 0.5) is 0 Å². The van der Waals surface area contributed by atoms with Crippen molar-refractivity contribution in [3.8, 4) is 0 Å². The first-order chi connectivity index (χ1) is 14.3. The summed E-state index contributed by atoms with van der Waals surface area (Å²) in [7, 11) is 0. The van der Waals surface area contributed by atoms with E-state index in [0.29, 0.717) is 5.41 Å². The Labute approximate surface area is 184 Å². The third-order valence-corrected chi connectivity index (χ3v) is 11.3. The molecule has 0 aromatic carbocycles. The molecule has 0 aromatic rings. The molecule has 5 aliphatic rings. The molecule has 1 saturated heterocycles. The van der Waals surface area contributed by atoms with E-state index in [2.05, 4.69) is 39.8 Å². The lowest BCUT2D eigenvalue weighted by molar-refractivity contribution is -0.113. The molecule has 1 aliphatic heterocycles. The molecular weight excluding hydrogens is 370 g/mol. The standard InChI is InChI=1S/C27H45NO2/c1-17(2)7-6-8-18(3)20-9-10-21-19-11-16-27-24(30-27)23(28-29)13-15-26(27,5)22(19)12-14-25(20,21)4/h17-22,24,29H,6-16H2,1-5H3/b28-23+/t18-,19+,20-,21+,22+,24?,25-,26-,27?/m1/s1. The number of hydrogen-bond acceptors (Lipinski definition) is 3. The van der Waals surface area contributed by atoms with Gasteiger partial charge in [0.15, 0.2) is 0 Å². The fourth-order valence-corrected chi connectivity index (χ4v) is 9.64. The van der Waals surface area contributed by atoms with Crippen molar-refractivity contribution in [3.05, 3.63) is 0 Å². The van der Waals surface area contributed by atoms with Crippen LogP contribution in [0.1, 0.15) is 105 Å². The van der Waals surface area contributed by atoms with Gasteiger partial charge < -0.3 is 9.94 Å². The van der Waals surface area contributed by atoms with E-state index < -0.39 is 0 Å². The summed E-state index contributed by atoms with van der Waals surface area (Å²) in [6.45, 7) is 12.5. The fourth-order valence-electron chi connectivity index (χ4n) is 9.64. The van der Waals surface area contributed by atoms with Gasteiger partial charge in [-0.3, -0.25) is 0 Å². The maximum Gasteiger partial charge on any atom is 0.129 e. The monoisotopic (exact) mass is 415 g/mol. The molecule has 1 spiro atoms. The molecule has 9 atom stereocenters. The SMILES string of the molecule is CC(C)CCC[C@@H](C)[C@H]1CC[C@H]2[C@@H]3CCC45OC4/C(=N/O)CC[C@]5(C)[C@H]3CC[C@]12C. The zero-order chi connectivity index (χ0) is 21.3. The molecule has 3 nitrogen and oxygen atoms in total. The van der Waals surface area contributed by atoms with Gasteiger partial charge in [0, 0.05) is 5.41 Å². The van der Waals surface area contributed by atoms with Crippen molar-refractivity contribution in [2.24, 2.45) is 51.5 Å². The minimum Gasteiger partial charge on any atom is -0.411 e. The number of rotatable bonds is 5. The average Bonchev–Trinajstić information content (AvgIpc) is 3.34. The summed E-state index contributed by atoms with van der Waals surface area (Å²) < 4.78 is 6.39. The second-order valence-corrected chi connectivity index (χ2v) is 12.8. The van der Waals surface area contributed by atoms with E-state index in [1.807, 2.05) is 0 Å². The van der Waals surface area contributed by atoms with Gasteiger partial charge >= 0.3 is 0 Å². The molecule has 0 aromatic heterocycles. The predicted octanol–water partition coefficient (Wildman–Crippen LogP) is 7.07. The molecule has 3 heteroatoms. The highest BCUT2D eigenvalue weighted by Crippen LogP contribution is 2.73. The van der Waals surface area contributed by atoms with Gasteiger partial charge in [-0.2, -0.15) is 0 Å². The smallest absolute Gasteiger partial charge is 0.129 e. The zero-order valence-corrected chi connectivity index (χ0v) is 20.1. The van der Waals surface area contributed by atoms with Crippen LogP contribution in [0, 0.1) is 46.3 Å². The van der Waals surface area contributed by atoms with E-state index in [4.69, 9.17) is 4.74 Å². The molecule has 0 radical (unpaired) electrons. The van der Waals surface area contributed by atoms with Crippen molar-refractivity contribution in [2.75, 3.05) is 0 Å². The van der Waals surface area contributed by atoms with Gasteiger partial charge in [0.2, 0.25) is 0 Å². The summed E-state index contributed by atoms with van der Waals surface area (Å²) in [5, 5.41) is 13.0. The van der Waals surface area contributed by atoms with Crippen molar-refractivity contribution in [1.29, 1.82) is 0 Å². The van der Waals surface area contributed by atoms with Gasteiger partial charge in [-0.1, -0.05) is 59.0 Å². The van der Waals surface area contributed by atoms with E-state index in [-0.39, 0.29) is 17.1 Å². The summed E-state index contributed by atoms with van der Waals surface area (Å²) in [6.07, 6.45) is 14.7. The quantitative estimate of drug-likeness (QED) is 0.296. The van der Waals surface area contributed by atoms with Crippen molar-refractivity contribution in [3.63, 3.8) is 0 Å². The largest absolute Gasteiger partial charge is 0.411 e. The van der Waals surface area contributed by atoms with Gasteiger partial charge in [0.25, 0.3) is 0 Å². The van der Waals surface area contributed by atoms with Crippen LogP contribution in [0.3, 0.4) is 0 Å². The summed E-state index contributed by atoms with van der Waals surface area (Å²) >= 11 is 0. The fraction of sp³-hybridized carbons (Fsp3) is 0.963. The van der Waals surface area contributed by atoms with E-state index in [0.717, 1.165) is 54.1 Å². The molecule has 1 heterocycles. The van der Waals surface area contributed by atoms with Gasteiger partial charge in [-0.05, 0) is 92.3 Å². The predicted molar refractivity (Wildman–Crippen MR) is 122 cm³/mol. The van der Waals surface area contributed by atoms with E-state index in [9.17, 15) is 5.21 Å². The van der Waals surface area contributed by atoms with Crippen LogP contribution in [0.2, 0.25) is 0 Å². The summed E-state index contributed by atoms with van der Waals surface area (Å²) in [6, 6.07) is 0. The van der Waals surface area contributed by atoms with Crippen LogP contribution < -0.4 is 0 Å². The van der Waals surface area contributed by atoms with E-state index in [1.165, 1.54) is 57.8 Å². The molecule has 5 rings (SSSR count). The summed E-state index contributed by atoms with van der Waals surface area (Å²) in [5.41, 5.74) is 1.78. The first-order valence-electron chi connectivity index (χ1n) is 13.2. The van der Waals surface area contributed by atoms with Gasteiger partial charge in [0.05, 0.1) is 5.71 Å². The van der Waals surface area contributed by atoms with Crippen LogP contribution in [-0.4, -0.2) is 22.6 Å². The molecule has 0 amide bonds. The maximum atomic E-state index is 9.43. The van der Waals surface area contributed by atoms with Crippen LogP contribution in [0.5, 0.6) is 0 Å². The lowest BCUT2D eigenvalue weighted by Gasteiger charge is -2.60. The Morgan fingerprint density at radius 2 is 1.80 bits per heavy atom. The van der Waals surface area contributed by atoms with E-state index >= 15 is 0 Å². The molecule has 2 unspecified atom stereocenters. The number of oxime groups is 1. The maximum absolute atomic E-state index is 9.43. The third-order valence-electron chi connectivity index (χ3n) is 11.3. The third kappa shape index (κ3) is 2.82. The Morgan fingerprint density at radius 1 is 1.00 bits per heavy atom. The molecule has 30 heavy (non-hydrogen) atoms. The molecule has 1 N–H and O–H groups in total. The molecule has 4 saturated carbocycles. The van der Waals surface area contributed by atoms with Crippen molar-refractivity contribution in [2.45, 2.75) is 117 Å². The Bertz CT molecular complexity index is 703. The molecular formula is C27H45NO2. The van der Waals surface area contributed by atoms with E-state index in [1.54, 1.807) is 0 Å². The Morgan fingerprint density at radius 3 is 2.53 bits per heavy atom. The number of fused-ring (bicyclic) bond motifs is 4. The minimum absolute atomic E-state index is 0.00383. The Balaban J connectivity index is 1.32. The molecule has 0 bridgehead atoms. The highest BCUT2D eigenvalue weighted by molar-refractivity contribution is 5.93. The minimum atomic E-state index is 0.00383. The highest BCUT2D eigenvalue weighted by atomic mass is 16.6. The summed E-state index contributed by atoms with van der Waals surface area (Å²) in [5.74, 6) is 5.29. The number of hydrogen-bond donors (Lipinski definition) is 1. The number of nitrogens with zero attached hydrogens (tertiary/aromatic N) is 1. The number of ether oxygens (including phenoxy) is 1. The van der Waals surface area contributed by atoms with Crippen molar-refractivity contribution >= 4 is 5.71 Å². The highest BCUT2D eigenvalue weighted by Gasteiger charge is 2.75. The Kier molecular flexibility index (Phi) is 5.12. The first-order valence-corrected chi connectivity index (χ1v) is 13.2. The van der Waals surface area contributed by atoms with Crippen LogP contribution in [0.25, 0.3) is 0 Å². The first kappa shape index (κ1) is 21.3. The van der Waals surface area contributed by atoms with Crippen LogP contribution >= 0.6 is 0 Å². The zero-order valence-electron chi connectivity index (χ0n) is 20.1. The second kappa shape index (κ2) is 7.22. The van der Waals surface area contributed by atoms with Crippen LogP contribution in [0.15, 0.2) is 5.16 Å². The molecule has 5 fully saturated rings. The lowest BCUT2D eigenvalue weighted by Crippen LogP contribution is -2.58. The molecule has 170 valence electrons. The van der Waals surface area contributed by atoms with Gasteiger partial charge in [-0.15, -0.1) is 0 Å². The topological polar surface area (TPSA) is 45.1 Å². The molecule has 4 aliphatic carbocycles. The average molecular weight is 416 g/mol. The van der Waals surface area contributed by atoms with Crippen molar-refractivity contribution < 1.29 is 9.94 Å². The number of epoxide rings is 1. The van der Waals surface area contributed by atoms with Crippen molar-refractivity contribution in [1.82, 2.24) is 0 Å². The summed E-state index contributed by atoms with van der Waals surface area (Å²) in [4.78, 5) is 0. The normalized spacial score (nSPS) is 51.8. The second-order valence-electron chi connectivity index (χ2n) is 12.8. The van der Waals surface area contributed by atoms with Gasteiger partial charge in [-0.25, -0.2) is 0 Å². The van der Waals surface area contributed by atoms with Crippen LogP contribution in [-0.2, 0) is 4.74 Å². The lowest BCUT2D eigenvalue weighted by atomic mass is 9.44. The Hall–Kier alpha value is -0.570. The van der Waals surface area contributed by atoms with Gasteiger partial charge in [0.1, 0.15) is 11.7 Å².